The molecule has 0 bridgehead atoms. The lowest BCUT2D eigenvalue weighted by Gasteiger charge is -2.14. The van der Waals surface area contributed by atoms with Gasteiger partial charge in [-0.15, -0.1) is 11.3 Å². The average molecular weight is 344 g/mol. The lowest BCUT2D eigenvalue weighted by atomic mass is 9.88. The molecule has 2 rings (SSSR count). The van der Waals surface area contributed by atoms with Gasteiger partial charge >= 0.3 is 11.5 Å². The van der Waals surface area contributed by atoms with Gasteiger partial charge in [-0.25, -0.2) is 4.42 Å². The molecule has 0 saturated heterocycles. The van der Waals surface area contributed by atoms with E-state index in [1.54, 1.807) is 0 Å². The van der Waals surface area contributed by atoms with E-state index in [9.17, 15) is 0 Å². The summed E-state index contributed by atoms with van der Waals surface area (Å²) < 4.78 is 7.56. The molecule has 0 saturated carbocycles. The van der Waals surface area contributed by atoms with Gasteiger partial charge in [0.15, 0.2) is 0 Å². The van der Waals surface area contributed by atoms with Crippen LogP contribution in [0.3, 0.4) is 0 Å². The van der Waals surface area contributed by atoms with Gasteiger partial charge in [0, 0.05) is 23.3 Å². The summed E-state index contributed by atoms with van der Waals surface area (Å²) in [5, 5.41) is 0. The third-order valence-electron chi connectivity index (χ3n) is 3.24. The van der Waals surface area contributed by atoms with Gasteiger partial charge in [0.25, 0.3) is 0 Å². The highest BCUT2D eigenvalue weighted by Gasteiger charge is 2.34. The molecule has 0 spiro atoms. The summed E-state index contributed by atoms with van der Waals surface area (Å²) in [4.78, 5) is 0. The Morgan fingerprint density at radius 1 is 0.857 bits per heavy atom. The Bertz CT molecular complexity index is 628. The Balaban J connectivity index is 2.69. The number of thiophene rings is 1. The van der Waals surface area contributed by atoms with Crippen LogP contribution in [0.15, 0.2) is 22.6 Å². The largest absolute Gasteiger partial charge is 0.335 e. The molecular formula is C17H21Cl2OS+. The standard InChI is InChI=1S/C17H21Cl2OS/c1-16(2,3)12-7-10(8-13(20-12)17(4,5)6)11-9-14(18)21-15(11)19/h7-9H,1-6H3/q+1. The molecule has 0 aliphatic carbocycles. The molecule has 0 unspecified atom stereocenters. The second-order valence-electron chi connectivity index (χ2n) is 7.31. The number of hydrogen-bond donors (Lipinski definition) is 0. The molecule has 2 heterocycles. The lowest BCUT2D eigenvalue weighted by Crippen LogP contribution is -2.16. The predicted molar refractivity (Wildman–Crippen MR) is 93.8 cm³/mol. The first kappa shape index (κ1) is 16.8. The van der Waals surface area contributed by atoms with Crippen molar-refractivity contribution in [2.75, 3.05) is 0 Å². The molecular weight excluding hydrogens is 323 g/mol. The minimum Gasteiger partial charge on any atom is -0.217 e. The SMILES string of the molecule is CC(C)(C)c1cc(-c2cc(Cl)sc2Cl)cc(C(C)(C)C)[o+]1. The highest BCUT2D eigenvalue weighted by molar-refractivity contribution is 7.20. The van der Waals surface area contributed by atoms with Crippen molar-refractivity contribution >= 4 is 34.5 Å². The Morgan fingerprint density at radius 2 is 1.33 bits per heavy atom. The molecule has 2 aromatic rings. The van der Waals surface area contributed by atoms with Gasteiger partial charge in [0.1, 0.15) is 4.34 Å². The van der Waals surface area contributed by atoms with Crippen molar-refractivity contribution in [1.29, 1.82) is 0 Å². The maximum atomic E-state index is 6.32. The highest BCUT2D eigenvalue weighted by atomic mass is 35.5. The van der Waals surface area contributed by atoms with E-state index >= 15 is 0 Å². The molecule has 0 radical (unpaired) electrons. The molecule has 21 heavy (non-hydrogen) atoms. The molecule has 0 aliphatic rings. The monoisotopic (exact) mass is 343 g/mol. The van der Waals surface area contributed by atoms with Gasteiger partial charge in [-0.2, -0.15) is 0 Å². The molecule has 0 amide bonds. The summed E-state index contributed by atoms with van der Waals surface area (Å²) in [7, 11) is 0. The summed E-state index contributed by atoms with van der Waals surface area (Å²) in [6, 6.07) is 6.06. The summed E-state index contributed by atoms with van der Waals surface area (Å²) in [5.74, 6) is 1.90. The highest BCUT2D eigenvalue weighted by Crippen LogP contribution is 2.41. The molecule has 4 heteroatoms. The van der Waals surface area contributed by atoms with Crippen molar-refractivity contribution in [1.82, 2.24) is 0 Å². The van der Waals surface area contributed by atoms with Gasteiger partial charge in [-0.1, -0.05) is 23.2 Å². The lowest BCUT2D eigenvalue weighted by molar-refractivity contribution is 0.329. The fourth-order valence-electron chi connectivity index (χ4n) is 1.93. The molecule has 114 valence electrons. The summed E-state index contributed by atoms with van der Waals surface area (Å²) in [5.41, 5.74) is 1.90. The summed E-state index contributed by atoms with van der Waals surface area (Å²) in [6.07, 6.45) is 0. The van der Waals surface area contributed by atoms with Crippen molar-refractivity contribution in [2.24, 2.45) is 0 Å². The van der Waals surface area contributed by atoms with Crippen LogP contribution in [-0.4, -0.2) is 0 Å². The van der Waals surface area contributed by atoms with Gasteiger partial charge in [0.05, 0.1) is 15.2 Å². The zero-order valence-corrected chi connectivity index (χ0v) is 15.6. The van der Waals surface area contributed by atoms with E-state index in [-0.39, 0.29) is 10.8 Å². The van der Waals surface area contributed by atoms with Crippen LogP contribution in [0.1, 0.15) is 53.1 Å². The number of halogens is 2. The second-order valence-corrected chi connectivity index (χ2v) is 9.60. The smallest absolute Gasteiger partial charge is 0.217 e. The van der Waals surface area contributed by atoms with Crippen LogP contribution < -0.4 is 0 Å². The van der Waals surface area contributed by atoms with E-state index < -0.39 is 0 Å². The third kappa shape index (κ3) is 3.80. The second kappa shape index (κ2) is 5.57. The third-order valence-corrected chi connectivity index (χ3v) is 4.73. The van der Waals surface area contributed by atoms with E-state index in [1.807, 2.05) is 6.07 Å². The minimum absolute atomic E-state index is 0.0672. The van der Waals surface area contributed by atoms with E-state index in [2.05, 4.69) is 53.7 Å². The van der Waals surface area contributed by atoms with Crippen molar-refractivity contribution in [3.05, 3.63) is 38.4 Å². The Morgan fingerprint density at radius 3 is 1.67 bits per heavy atom. The van der Waals surface area contributed by atoms with E-state index in [1.165, 1.54) is 11.3 Å². The van der Waals surface area contributed by atoms with Crippen molar-refractivity contribution in [3.8, 4) is 11.1 Å². The zero-order chi connectivity index (χ0) is 16.0. The van der Waals surface area contributed by atoms with E-state index in [0.29, 0.717) is 8.67 Å². The Hall–Kier alpha value is -0.570. The van der Waals surface area contributed by atoms with Crippen LogP contribution >= 0.6 is 34.5 Å². The van der Waals surface area contributed by atoms with Crippen molar-refractivity contribution < 1.29 is 4.42 Å². The molecule has 0 aliphatic heterocycles. The van der Waals surface area contributed by atoms with Crippen LogP contribution in [0.2, 0.25) is 8.67 Å². The first-order valence-corrected chi connectivity index (χ1v) is 8.50. The first-order valence-electron chi connectivity index (χ1n) is 6.93. The van der Waals surface area contributed by atoms with Crippen LogP contribution in [0, 0.1) is 0 Å². The maximum absolute atomic E-state index is 6.32. The van der Waals surface area contributed by atoms with Crippen LogP contribution in [-0.2, 0) is 10.8 Å². The average Bonchev–Trinajstić information content (AvgIpc) is 2.65. The molecule has 0 N–H and O–H groups in total. The molecule has 0 aromatic carbocycles. The number of rotatable bonds is 1. The van der Waals surface area contributed by atoms with Crippen molar-refractivity contribution in [3.63, 3.8) is 0 Å². The van der Waals surface area contributed by atoms with E-state index in [0.717, 1.165) is 22.6 Å². The topological polar surface area (TPSA) is 11.3 Å². The van der Waals surface area contributed by atoms with Crippen LogP contribution in [0.25, 0.3) is 11.1 Å². The fraction of sp³-hybridized carbons (Fsp3) is 0.471. The van der Waals surface area contributed by atoms with Crippen LogP contribution in [0.5, 0.6) is 0 Å². The molecule has 2 aromatic heterocycles. The first-order chi connectivity index (χ1) is 9.48. The maximum Gasteiger partial charge on any atom is 0.335 e. The van der Waals surface area contributed by atoms with Gasteiger partial charge in [0.2, 0.25) is 0 Å². The van der Waals surface area contributed by atoms with Gasteiger partial charge in [-0.05, 0) is 47.6 Å². The minimum atomic E-state index is -0.0672. The van der Waals surface area contributed by atoms with Gasteiger partial charge in [-0.3, -0.25) is 0 Å². The summed E-state index contributed by atoms with van der Waals surface area (Å²) in [6.45, 7) is 12.9. The Kier molecular flexibility index (Phi) is 4.45. The molecule has 0 fully saturated rings. The van der Waals surface area contributed by atoms with Gasteiger partial charge < -0.3 is 0 Å². The van der Waals surface area contributed by atoms with E-state index in [4.69, 9.17) is 27.6 Å². The quantitative estimate of drug-likeness (QED) is 0.498. The normalized spacial score (nSPS) is 12.8. The van der Waals surface area contributed by atoms with Crippen molar-refractivity contribution in [2.45, 2.75) is 52.4 Å². The predicted octanol–water partition coefficient (Wildman–Crippen LogP) is 7.19. The Labute approximate surface area is 140 Å². The zero-order valence-electron chi connectivity index (χ0n) is 13.3. The number of hydrogen-bond acceptors (Lipinski definition) is 1. The molecule has 1 nitrogen and oxygen atoms in total. The summed E-state index contributed by atoms with van der Waals surface area (Å²) >= 11 is 13.8. The van der Waals surface area contributed by atoms with Crippen LogP contribution in [0.4, 0.5) is 0 Å². The molecule has 0 atom stereocenters. The fourth-order valence-corrected chi connectivity index (χ4v) is 3.44.